The molecule has 2 fully saturated rings. The van der Waals surface area contributed by atoms with E-state index in [0.29, 0.717) is 0 Å². The molecule has 358 valence electrons. The van der Waals surface area contributed by atoms with E-state index in [1.165, 1.54) is 34.1 Å². The van der Waals surface area contributed by atoms with Crippen LogP contribution >= 0.6 is 0 Å². The maximum Gasteiger partial charge on any atom is 0.397 e. The van der Waals surface area contributed by atoms with E-state index in [1.807, 2.05) is 0 Å². The van der Waals surface area contributed by atoms with Gasteiger partial charge in [0.25, 0.3) is 5.91 Å². The predicted molar refractivity (Wildman–Crippen MR) is 217 cm³/mol. The fourth-order valence-electron chi connectivity index (χ4n) is 8.82. The minimum atomic E-state index is -5.31. The molecule has 7 rings (SSSR count). The lowest BCUT2D eigenvalue weighted by Gasteiger charge is -2.48. The first kappa shape index (κ1) is 48.5. The third-order valence-electron chi connectivity index (χ3n) is 12.0. The van der Waals surface area contributed by atoms with Crippen molar-refractivity contribution < 1.29 is 106 Å². The number of hydrogen-bond acceptors (Lipinski definition) is 21. The molecule has 3 aromatic rings. The summed E-state index contributed by atoms with van der Waals surface area (Å²) in [6.45, 7) is 3.00. The van der Waals surface area contributed by atoms with Gasteiger partial charge in [-0.3, -0.25) is 23.7 Å². The second-order valence-electron chi connectivity index (χ2n) is 16.1. The highest BCUT2D eigenvalue weighted by atomic mass is 32.3. The van der Waals surface area contributed by atoms with Gasteiger partial charge >= 0.3 is 16.4 Å². The molecule has 13 atom stereocenters. The predicted octanol–water partition coefficient (Wildman–Crippen LogP) is -1.42. The van der Waals surface area contributed by atoms with E-state index in [1.54, 1.807) is 0 Å². The number of aryl methyl sites for hydroxylation is 1. The van der Waals surface area contributed by atoms with Gasteiger partial charge in [0.15, 0.2) is 24.1 Å². The first-order valence-electron chi connectivity index (χ1n) is 20.0. The summed E-state index contributed by atoms with van der Waals surface area (Å²) >= 11 is 0. The van der Waals surface area contributed by atoms with Crippen LogP contribution in [0.3, 0.4) is 0 Å². The van der Waals surface area contributed by atoms with E-state index in [4.69, 9.17) is 23.7 Å². The van der Waals surface area contributed by atoms with Crippen LogP contribution in [0, 0.1) is 6.92 Å². The van der Waals surface area contributed by atoms with Gasteiger partial charge in [-0.15, -0.1) is 0 Å². The number of benzene rings is 3. The lowest BCUT2D eigenvalue weighted by atomic mass is 9.74. The van der Waals surface area contributed by atoms with Gasteiger partial charge in [-0.1, -0.05) is 6.07 Å². The van der Waals surface area contributed by atoms with Gasteiger partial charge in [-0.2, -0.15) is 8.42 Å². The largest absolute Gasteiger partial charge is 0.507 e. The first-order chi connectivity index (χ1) is 30.9. The number of ether oxygens (including phenoxy) is 5. The standard InChI is InChI=1S/C41H46N2O22S/c1-11-6-18-24(31(50)21(11)38(54)43-12(2)39(55)56)23-16(9-17-25(32(23)51)28(47)15-7-14(60-5)8-19(45)22(15)27(17)46)29(48)35(18)63-40-33(52)36(26(42-4)13(3)61-40)64-41-34(53)37(65-66(57,58)59)30(49)20(10-44)62-41/h6-9,12-13,20,26,29-30,33-37,40-42,44-45,48-53H,10H2,1-5H3,(H,43,54)(H,55,56)(H,57,58,59)/t12?,13-,20-,26+,29+,30-,33-,34-,35+,36+,37+,40+,41+/m1/s1. The quantitative estimate of drug-likeness (QED) is 0.0725. The Balaban J connectivity index is 1.34. The summed E-state index contributed by atoms with van der Waals surface area (Å²) in [6.07, 6.45) is -20.3. The molecular weight excluding hydrogens is 905 g/mol. The Hall–Kier alpha value is -5.39. The number of hydrogen-bond donors (Lipinski definition) is 12. The molecule has 0 bridgehead atoms. The smallest absolute Gasteiger partial charge is 0.397 e. The van der Waals surface area contributed by atoms with E-state index >= 15 is 0 Å². The van der Waals surface area contributed by atoms with Gasteiger partial charge in [0.05, 0.1) is 42.6 Å². The van der Waals surface area contributed by atoms with Gasteiger partial charge in [0.1, 0.15) is 77.9 Å². The number of amides is 1. The Kier molecular flexibility index (Phi) is 13.3. The van der Waals surface area contributed by atoms with Crippen LogP contribution in [0.2, 0.25) is 0 Å². The topological polar surface area (TPSA) is 384 Å². The summed E-state index contributed by atoms with van der Waals surface area (Å²) in [4.78, 5) is 53.5. The third-order valence-corrected chi connectivity index (χ3v) is 12.5. The Morgan fingerprint density at radius 1 is 0.833 bits per heavy atom. The van der Waals surface area contributed by atoms with Crippen LogP contribution in [-0.2, 0) is 38.3 Å². The number of rotatable bonds is 12. The summed E-state index contributed by atoms with van der Waals surface area (Å²) in [6, 6.07) is 1.99. The molecule has 1 amide bonds. The molecule has 12 N–H and O–H groups in total. The van der Waals surface area contributed by atoms with Crippen LogP contribution in [0.15, 0.2) is 24.3 Å². The first-order valence-corrected chi connectivity index (χ1v) is 21.4. The van der Waals surface area contributed by atoms with Crippen LogP contribution in [0.25, 0.3) is 11.1 Å². The Morgan fingerprint density at radius 2 is 1.44 bits per heavy atom. The number of aliphatic hydroxyl groups is 5. The SMILES string of the molecule is CN[C@@H]1[C@H](O[C@@H]2O[C@H](CO)[C@@H](O)[C@H](OS(=O)(=O)O)[C@H]2O)[C@@H](O)[C@H](O[C@H]2c3cc(C)c(C(=O)NC(C)C(=O)O)c(O)c3-c3c(cc4c(c3O)C(=O)c3cc(OC)cc(O)c3C4=O)[C@@H]2O)O[C@@H]1C. The number of aliphatic carboxylic acids is 1. The van der Waals surface area contributed by atoms with Crippen molar-refractivity contribution >= 4 is 33.8 Å². The van der Waals surface area contributed by atoms with Crippen LogP contribution < -0.4 is 15.4 Å². The molecule has 24 nitrogen and oxygen atoms in total. The van der Waals surface area contributed by atoms with Crippen LogP contribution in [-0.4, -0.2) is 171 Å². The number of methoxy groups -OCH3 is 1. The molecular formula is C41H46N2O22S. The van der Waals surface area contributed by atoms with Crippen molar-refractivity contribution in [3.63, 3.8) is 0 Å². The summed E-state index contributed by atoms with van der Waals surface area (Å²) < 4.78 is 66.0. The molecule has 25 heteroatoms. The zero-order valence-corrected chi connectivity index (χ0v) is 36.1. The van der Waals surface area contributed by atoms with E-state index in [2.05, 4.69) is 14.8 Å². The number of aromatic hydroxyl groups is 3. The van der Waals surface area contributed by atoms with Gasteiger partial charge in [-0.05, 0) is 56.6 Å². The molecule has 0 saturated carbocycles. The molecule has 2 heterocycles. The van der Waals surface area contributed by atoms with Gasteiger partial charge in [-0.25, -0.2) is 4.18 Å². The van der Waals surface area contributed by atoms with Gasteiger partial charge in [0.2, 0.25) is 0 Å². The Bertz CT molecular complexity index is 2600. The van der Waals surface area contributed by atoms with Crippen molar-refractivity contribution in [3.8, 4) is 34.1 Å². The van der Waals surface area contributed by atoms with Crippen molar-refractivity contribution in [2.45, 2.75) is 100 Å². The second kappa shape index (κ2) is 18.0. The number of carboxylic acid groups (broad SMARTS) is 1. The highest BCUT2D eigenvalue weighted by molar-refractivity contribution is 7.80. The minimum absolute atomic E-state index is 0.0190. The average Bonchev–Trinajstić information content (AvgIpc) is 3.24. The minimum Gasteiger partial charge on any atom is -0.507 e. The van der Waals surface area contributed by atoms with E-state index in [0.717, 1.165) is 25.1 Å². The summed E-state index contributed by atoms with van der Waals surface area (Å²) in [7, 11) is -2.64. The Morgan fingerprint density at radius 3 is 2.05 bits per heavy atom. The number of nitrogens with one attached hydrogen (secondary N) is 2. The highest BCUT2D eigenvalue weighted by Gasteiger charge is 2.53. The molecule has 2 aliphatic heterocycles. The molecule has 3 aromatic carbocycles. The van der Waals surface area contributed by atoms with E-state index in [-0.39, 0.29) is 28.0 Å². The number of carboxylic acids is 1. The second-order valence-corrected chi connectivity index (χ2v) is 17.1. The monoisotopic (exact) mass is 950 g/mol. The number of fused-ring (bicyclic) bond motifs is 5. The molecule has 1 unspecified atom stereocenters. The number of likely N-dealkylation sites (N-methyl/N-ethyl adjacent to an activating group) is 1. The molecule has 66 heavy (non-hydrogen) atoms. The fraction of sp³-hybridized carbons (Fsp3) is 0.463. The molecule has 2 saturated heterocycles. The molecule has 0 spiro atoms. The van der Waals surface area contributed by atoms with Crippen molar-refractivity contribution in [2.24, 2.45) is 0 Å². The van der Waals surface area contributed by atoms with Crippen LogP contribution in [0.1, 0.15) is 84.9 Å². The summed E-state index contributed by atoms with van der Waals surface area (Å²) in [5.74, 6) is -7.03. The van der Waals surface area contributed by atoms with E-state index in [9.17, 15) is 78.1 Å². The maximum atomic E-state index is 14.1. The van der Waals surface area contributed by atoms with Gasteiger partial charge < -0.3 is 80.3 Å². The van der Waals surface area contributed by atoms with Crippen LogP contribution in [0.4, 0.5) is 0 Å². The lowest BCUT2D eigenvalue weighted by Crippen LogP contribution is -2.66. The molecule has 2 aliphatic carbocycles. The molecule has 0 aromatic heterocycles. The summed E-state index contributed by atoms with van der Waals surface area (Å²) in [5.41, 5.74) is -4.00. The highest BCUT2D eigenvalue weighted by Crippen LogP contribution is 2.57. The van der Waals surface area contributed by atoms with Crippen molar-refractivity contribution in [2.75, 3.05) is 20.8 Å². The molecule has 0 radical (unpaired) electrons. The third kappa shape index (κ3) is 8.24. The Labute approximate surface area is 373 Å². The number of carbonyl (C=O) groups is 4. The normalized spacial score (nSPS) is 29.8. The number of carbonyl (C=O) groups excluding carboxylic acids is 3. The maximum absolute atomic E-state index is 14.1. The zero-order chi connectivity index (χ0) is 48.6. The van der Waals surface area contributed by atoms with Crippen molar-refractivity contribution in [1.29, 1.82) is 0 Å². The number of phenols is 3. The lowest BCUT2D eigenvalue weighted by molar-refractivity contribution is -0.349. The van der Waals surface area contributed by atoms with Crippen molar-refractivity contribution in [3.05, 3.63) is 68.8 Å². The summed E-state index contributed by atoms with van der Waals surface area (Å²) in [5, 5.41) is 105. The number of phenolic OH excluding ortho intramolecular Hbond substituents is 3. The zero-order valence-electron chi connectivity index (χ0n) is 35.3. The van der Waals surface area contributed by atoms with Gasteiger partial charge in [0, 0.05) is 28.3 Å². The molecule has 4 aliphatic rings. The van der Waals surface area contributed by atoms with Crippen molar-refractivity contribution in [1.82, 2.24) is 10.6 Å². The number of aliphatic hydroxyl groups excluding tert-OH is 5. The number of ketones is 2. The van der Waals surface area contributed by atoms with Crippen LogP contribution in [0.5, 0.6) is 23.0 Å². The average molecular weight is 951 g/mol. The fourth-order valence-corrected chi connectivity index (χ4v) is 9.33. The van der Waals surface area contributed by atoms with E-state index < -0.39 is 171 Å².